The Morgan fingerprint density at radius 2 is 2.16 bits per heavy atom. The fourth-order valence-electron chi connectivity index (χ4n) is 5.39. The molecule has 2 aliphatic rings. The van der Waals surface area contributed by atoms with Crippen molar-refractivity contribution in [2.45, 2.75) is 45.1 Å². The standard InChI is InChI=1S/C23H27N5O3/c1-13(2)21(30)28-11-15-9-16(10-23(15,12-28)22-25-14(3)27-31-22)26-20(29)18-5-4-6-19-17(18)7-8-24-19/h4-8,13,15-16,24H,9-12H2,1-3H3,(H,26,29)/t15-,16+,23-/m0/s1. The van der Waals surface area contributed by atoms with Gasteiger partial charge in [0.15, 0.2) is 5.82 Å². The van der Waals surface area contributed by atoms with Crippen LogP contribution in [0.25, 0.3) is 10.9 Å². The Balaban J connectivity index is 1.40. The van der Waals surface area contributed by atoms with Crippen molar-refractivity contribution < 1.29 is 14.1 Å². The third-order valence-electron chi connectivity index (χ3n) is 6.81. The maximum Gasteiger partial charge on any atom is 0.252 e. The molecule has 2 fully saturated rings. The van der Waals surface area contributed by atoms with Gasteiger partial charge in [-0.05, 0) is 43.9 Å². The molecule has 2 aromatic heterocycles. The van der Waals surface area contributed by atoms with Crippen LogP contribution in [0.3, 0.4) is 0 Å². The molecule has 1 aliphatic heterocycles. The van der Waals surface area contributed by atoms with Crippen molar-refractivity contribution in [3.63, 3.8) is 0 Å². The average molecular weight is 422 g/mol. The number of aryl methyl sites for hydroxylation is 1. The van der Waals surface area contributed by atoms with Crippen LogP contribution in [-0.4, -0.2) is 51.0 Å². The Labute approximate surface area is 180 Å². The highest BCUT2D eigenvalue weighted by Crippen LogP contribution is 2.50. The highest BCUT2D eigenvalue weighted by atomic mass is 16.5. The molecule has 1 aromatic carbocycles. The van der Waals surface area contributed by atoms with E-state index in [1.807, 2.05) is 49.2 Å². The number of fused-ring (bicyclic) bond motifs is 2. The summed E-state index contributed by atoms with van der Waals surface area (Å²) in [6.07, 6.45) is 3.29. The Morgan fingerprint density at radius 1 is 1.32 bits per heavy atom. The van der Waals surface area contributed by atoms with Crippen LogP contribution in [0.15, 0.2) is 35.0 Å². The van der Waals surface area contributed by atoms with Crippen LogP contribution in [0, 0.1) is 18.8 Å². The lowest BCUT2D eigenvalue weighted by Crippen LogP contribution is -2.40. The number of hydrogen-bond acceptors (Lipinski definition) is 5. The molecule has 3 aromatic rings. The summed E-state index contributed by atoms with van der Waals surface area (Å²) in [6.45, 7) is 6.85. The first-order valence-corrected chi connectivity index (χ1v) is 10.8. The van der Waals surface area contributed by atoms with E-state index in [2.05, 4.69) is 20.4 Å². The van der Waals surface area contributed by atoms with Crippen molar-refractivity contribution in [2.75, 3.05) is 13.1 Å². The number of likely N-dealkylation sites (tertiary alicyclic amines) is 1. The second-order valence-electron chi connectivity index (χ2n) is 9.23. The number of amides is 2. The van der Waals surface area contributed by atoms with Crippen molar-refractivity contribution in [1.29, 1.82) is 0 Å². The number of nitrogens with zero attached hydrogens (tertiary/aromatic N) is 3. The topological polar surface area (TPSA) is 104 Å². The molecule has 1 aliphatic carbocycles. The number of nitrogens with one attached hydrogen (secondary N) is 2. The summed E-state index contributed by atoms with van der Waals surface area (Å²) in [6, 6.07) is 7.59. The number of carbonyl (C=O) groups is 2. The third kappa shape index (κ3) is 3.21. The molecule has 1 saturated heterocycles. The monoisotopic (exact) mass is 421 g/mol. The maximum absolute atomic E-state index is 13.1. The van der Waals surface area contributed by atoms with Gasteiger partial charge in [-0.3, -0.25) is 9.59 Å². The molecule has 3 atom stereocenters. The minimum atomic E-state index is -0.413. The molecule has 1 saturated carbocycles. The van der Waals surface area contributed by atoms with Crippen LogP contribution in [0.2, 0.25) is 0 Å². The first kappa shape index (κ1) is 19.8. The molecular formula is C23H27N5O3. The van der Waals surface area contributed by atoms with Gasteiger partial charge < -0.3 is 19.7 Å². The smallest absolute Gasteiger partial charge is 0.252 e. The van der Waals surface area contributed by atoms with Gasteiger partial charge in [-0.1, -0.05) is 25.1 Å². The van der Waals surface area contributed by atoms with Gasteiger partial charge in [-0.25, -0.2) is 0 Å². The molecule has 0 spiro atoms. The SMILES string of the molecule is Cc1noc([C@]23C[C@H](NC(=O)c4cccc5[nH]ccc45)C[C@H]2CN(C(=O)C(C)C)C3)n1. The minimum absolute atomic E-state index is 0.0183. The van der Waals surface area contributed by atoms with Gasteiger partial charge in [-0.15, -0.1) is 0 Å². The van der Waals surface area contributed by atoms with Crippen LogP contribution >= 0.6 is 0 Å². The Bertz CT molecular complexity index is 1150. The fourth-order valence-corrected chi connectivity index (χ4v) is 5.39. The van der Waals surface area contributed by atoms with Gasteiger partial charge >= 0.3 is 0 Å². The van der Waals surface area contributed by atoms with Crippen LogP contribution in [-0.2, 0) is 10.2 Å². The van der Waals surface area contributed by atoms with E-state index in [9.17, 15) is 9.59 Å². The summed E-state index contributed by atoms with van der Waals surface area (Å²) < 4.78 is 5.61. The summed E-state index contributed by atoms with van der Waals surface area (Å²) in [5.41, 5.74) is 1.19. The van der Waals surface area contributed by atoms with Gasteiger partial charge in [0.2, 0.25) is 11.8 Å². The molecular weight excluding hydrogens is 394 g/mol. The van der Waals surface area contributed by atoms with E-state index < -0.39 is 5.41 Å². The molecule has 162 valence electrons. The minimum Gasteiger partial charge on any atom is -0.361 e. The fraction of sp³-hybridized carbons (Fsp3) is 0.478. The van der Waals surface area contributed by atoms with Gasteiger partial charge in [0.1, 0.15) is 0 Å². The van der Waals surface area contributed by atoms with Gasteiger partial charge in [0.05, 0.1) is 5.41 Å². The van der Waals surface area contributed by atoms with Crippen molar-refractivity contribution in [2.24, 2.45) is 11.8 Å². The van der Waals surface area contributed by atoms with Crippen LogP contribution in [0.4, 0.5) is 0 Å². The number of hydrogen-bond donors (Lipinski definition) is 2. The molecule has 8 heteroatoms. The molecule has 0 unspecified atom stereocenters. The molecule has 3 heterocycles. The first-order chi connectivity index (χ1) is 14.9. The zero-order valence-electron chi connectivity index (χ0n) is 18.0. The lowest BCUT2D eigenvalue weighted by molar-refractivity contribution is -0.133. The Morgan fingerprint density at radius 3 is 2.90 bits per heavy atom. The van der Waals surface area contributed by atoms with Gasteiger partial charge in [0, 0.05) is 47.7 Å². The average Bonchev–Trinajstić information content (AvgIpc) is 3.49. The maximum atomic E-state index is 13.1. The number of aromatic nitrogens is 3. The molecule has 2 amide bonds. The lowest BCUT2D eigenvalue weighted by Gasteiger charge is -2.26. The summed E-state index contributed by atoms with van der Waals surface area (Å²) in [4.78, 5) is 35.4. The number of rotatable bonds is 4. The van der Waals surface area contributed by atoms with Crippen LogP contribution in [0.1, 0.15) is 48.8 Å². The van der Waals surface area contributed by atoms with Gasteiger partial charge in [0.25, 0.3) is 5.91 Å². The van der Waals surface area contributed by atoms with Gasteiger partial charge in [-0.2, -0.15) is 4.98 Å². The molecule has 5 rings (SSSR count). The number of H-pyrrole nitrogens is 1. The van der Waals surface area contributed by atoms with Crippen molar-refractivity contribution in [3.8, 4) is 0 Å². The van der Waals surface area contributed by atoms with Crippen molar-refractivity contribution in [3.05, 3.63) is 47.7 Å². The largest absolute Gasteiger partial charge is 0.361 e. The summed E-state index contributed by atoms with van der Waals surface area (Å²) >= 11 is 0. The highest BCUT2D eigenvalue weighted by Gasteiger charge is 2.58. The second-order valence-corrected chi connectivity index (χ2v) is 9.23. The third-order valence-corrected chi connectivity index (χ3v) is 6.81. The van der Waals surface area contributed by atoms with E-state index in [0.29, 0.717) is 36.8 Å². The van der Waals surface area contributed by atoms with E-state index in [1.165, 1.54) is 0 Å². The van der Waals surface area contributed by atoms with E-state index in [1.54, 1.807) is 6.92 Å². The molecule has 0 bridgehead atoms. The van der Waals surface area contributed by atoms with E-state index >= 15 is 0 Å². The van der Waals surface area contributed by atoms with E-state index in [4.69, 9.17) is 4.52 Å². The summed E-state index contributed by atoms with van der Waals surface area (Å²) in [5.74, 6) is 1.34. The van der Waals surface area contributed by atoms with Crippen molar-refractivity contribution in [1.82, 2.24) is 25.3 Å². The Kier molecular flexibility index (Phi) is 4.60. The number of aromatic amines is 1. The normalized spacial score (nSPS) is 25.4. The Hall–Kier alpha value is -3.16. The van der Waals surface area contributed by atoms with Crippen LogP contribution in [0.5, 0.6) is 0 Å². The van der Waals surface area contributed by atoms with E-state index in [-0.39, 0.29) is 29.7 Å². The van der Waals surface area contributed by atoms with Crippen LogP contribution < -0.4 is 5.32 Å². The zero-order chi connectivity index (χ0) is 21.8. The second kappa shape index (κ2) is 7.21. The first-order valence-electron chi connectivity index (χ1n) is 10.8. The molecule has 8 nitrogen and oxygen atoms in total. The lowest BCUT2D eigenvalue weighted by atomic mass is 9.80. The highest BCUT2D eigenvalue weighted by molar-refractivity contribution is 6.06. The quantitative estimate of drug-likeness (QED) is 0.674. The summed E-state index contributed by atoms with van der Waals surface area (Å²) in [7, 11) is 0. The number of benzene rings is 1. The predicted octanol–water partition coefficient (Wildman–Crippen LogP) is 2.80. The van der Waals surface area contributed by atoms with E-state index in [0.717, 1.165) is 17.3 Å². The molecule has 0 radical (unpaired) electrons. The number of carbonyl (C=O) groups excluding carboxylic acids is 2. The predicted molar refractivity (Wildman–Crippen MR) is 114 cm³/mol. The van der Waals surface area contributed by atoms with Crippen molar-refractivity contribution >= 4 is 22.7 Å². The summed E-state index contributed by atoms with van der Waals surface area (Å²) in [5, 5.41) is 8.14. The zero-order valence-corrected chi connectivity index (χ0v) is 18.0. The molecule has 2 N–H and O–H groups in total. The molecule has 31 heavy (non-hydrogen) atoms.